The molecule has 1 aromatic carbocycles. The first kappa shape index (κ1) is 12.3. The van der Waals surface area contributed by atoms with E-state index < -0.39 is 0 Å². The molecule has 0 saturated carbocycles. The molecular weight excluding hydrogens is 257 g/mol. The van der Waals surface area contributed by atoms with Gasteiger partial charge in [-0.2, -0.15) is 0 Å². The fraction of sp³-hybridized carbons (Fsp3) is 0.250. The lowest BCUT2D eigenvalue weighted by Gasteiger charge is -2.11. The Kier molecular flexibility index (Phi) is 3.92. The molecule has 0 atom stereocenters. The molecule has 0 fully saturated rings. The fourth-order valence-corrected chi connectivity index (χ4v) is 2.16. The van der Waals surface area contributed by atoms with Crippen LogP contribution < -0.4 is 5.32 Å². The smallest absolute Gasteiger partial charge is 0.0948 e. The molecular formula is C12H13Cl2N3. The average Bonchev–Trinajstić information content (AvgIpc) is 2.76. The van der Waals surface area contributed by atoms with Crippen molar-refractivity contribution in [2.75, 3.05) is 5.32 Å². The van der Waals surface area contributed by atoms with Crippen LogP contribution in [0.15, 0.2) is 30.7 Å². The summed E-state index contributed by atoms with van der Waals surface area (Å²) in [5.74, 6) is 0. The molecule has 2 aromatic rings. The van der Waals surface area contributed by atoms with Gasteiger partial charge in [0.05, 0.1) is 34.3 Å². The largest absolute Gasteiger partial charge is 0.377 e. The Morgan fingerprint density at radius 1 is 1.29 bits per heavy atom. The first-order chi connectivity index (χ1) is 8.22. The van der Waals surface area contributed by atoms with Gasteiger partial charge >= 0.3 is 0 Å². The highest BCUT2D eigenvalue weighted by atomic mass is 35.5. The van der Waals surface area contributed by atoms with Crippen molar-refractivity contribution in [1.29, 1.82) is 0 Å². The van der Waals surface area contributed by atoms with Crippen LogP contribution in [0, 0.1) is 0 Å². The summed E-state index contributed by atoms with van der Waals surface area (Å²) in [5, 5.41) is 4.48. The highest BCUT2D eigenvalue weighted by molar-refractivity contribution is 6.39. The summed E-state index contributed by atoms with van der Waals surface area (Å²) in [6.07, 6.45) is 3.65. The van der Waals surface area contributed by atoms with Crippen molar-refractivity contribution >= 4 is 28.9 Å². The monoisotopic (exact) mass is 269 g/mol. The lowest BCUT2D eigenvalue weighted by atomic mass is 10.3. The number of anilines is 1. The van der Waals surface area contributed by atoms with Crippen molar-refractivity contribution in [3.05, 3.63) is 46.5 Å². The van der Waals surface area contributed by atoms with Gasteiger partial charge in [0, 0.05) is 12.7 Å². The maximum atomic E-state index is 6.07. The minimum absolute atomic E-state index is 0.625. The summed E-state index contributed by atoms with van der Waals surface area (Å²) in [7, 11) is 0. The third kappa shape index (κ3) is 2.73. The second-order valence-electron chi connectivity index (χ2n) is 3.62. The van der Waals surface area contributed by atoms with Gasteiger partial charge in [0.1, 0.15) is 0 Å². The van der Waals surface area contributed by atoms with Gasteiger partial charge < -0.3 is 9.88 Å². The van der Waals surface area contributed by atoms with Crippen LogP contribution in [-0.4, -0.2) is 9.55 Å². The Morgan fingerprint density at radius 3 is 2.65 bits per heavy atom. The lowest BCUT2D eigenvalue weighted by Crippen LogP contribution is -2.06. The Labute approximate surface area is 110 Å². The molecule has 3 nitrogen and oxygen atoms in total. The number of rotatable bonds is 4. The van der Waals surface area contributed by atoms with Crippen LogP contribution in [0.1, 0.15) is 12.6 Å². The minimum atomic E-state index is 0.625. The number of nitrogens with zero attached hydrogens (tertiary/aromatic N) is 2. The predicted molar refractivity (Wildman–Crippen MR) is 71.7 cm³/mol. The first-order valence-electron chi connectivity index (χ1n) is 5.39. The molecule has 0 bridgehead atoms. The summed E-state index contributed by atoms with van der Waals surface area (Å²) in [4.78, 5) is 4.11. The Bertz CT molecular complexity index is 488. The quantitative estimate of drug-likeness (QED) is 0.915. The van der Waals surface area contributed by atoms with E-state index in [9.17, 15) is 0 Å². The van der Waals surface area contributed by atoms with E-state index in [0.717, 1.165) is 17.9 Å². The van der Waals surface area contributed by atoms with Crippen LogP contribution in [0.5, 0.6) is 0 Å². The second kappa shape index (κ2) is 5.43. The molecule has 5 heteroatoms. The van der Waals surface area contributed by atoms with Gasteiger partial charge in [-0.15, -0.1) is 0 Å². The molecule has 0 aliphatic heterocycles. The molecule has 0 amide bonds. The van der Waals surface area contributed by atoms with E-state index >= 15 is 0 Å². The molecule has 0 radical (unpaired) electrons. The molecule has 2 rings (SSSR count). The number of para-hydroxylation sites is 1. The van der Waals surface area contributed by atoms with Gasteiger partial charge in [-0.25, -0.2) is 4.98 Å². The van der Waals surface area contributed by atoms with E-state index in [1.54, 1.807) is 0 Å². The third-order valence-electron chi connectivity index (χ3n) is 2.55. The molecule has 90 valence electrons. The van der Waals surface area contributed by atoms with Gasteiger partial charge in [0.25, 0.3) is 0 Å². The maximum absolute atomic E-state index is 6.07. The van der Waals surface area contributed by atoms with Crippen LogP contribution in [0.3, 0.4) is 0 Å². The number of imidazole rings is 1. The molecule has 0 aliphatic carbocycles. The third-order valence-corrected chi connectivity index (χ3v) is 3.18. The van der Waals surface area contributed by atoms with E-state index in [1.807, 2.05) is 30.7 Å². The zero-order chi connectivity index (χ0) is 12.3. The second-order valence-corrected chi connectivity index (χ2v) is 4.44. The van der Waals surface area contributed by atoms with E-state index in [-0.39, 0.29) is 0 Å². The van der Waals surface area contributed by atoms with Gasteiger partial charge in [-0.05, 0) is 19.1 Å². The van der Waals surface area contributed by atoms with Crippen LogP contribution in [0.4, 0.5) is 5.69 Å². The fourth-order valence-electron chi connectivity index (χ4n) is 1.63. The van der Waals surface area contributed by atoms with E-state index in [1.165, 1.54) is 0 Å². The van der Waals surface area contributed by atoms with Crippen molar-refractivity contribution in [2.45, 2.75) is 20.0 Å². The Morgan fingerprint density at radius 2 is 2.00 bits per heavy atom. The molecule has 1 aromatic heterocycles. The molecule has 0 spiro atoms. The van der Waals surface area contributed by atoms with Crippen LogP contribution in [-0.2, 0) is 13.1 Å². The summed E-state index contributed by atoms with van der Waals surface area (Å²) < 4.78 is 2.07. The van der Waals surface area contributed by atoms with E-state index in [0.29, 0.717) is 16.6 Å². The number of aromatic nitrogens is 2. The molecule has 1 N–H and O–H groups in total. The van der Waals surface area contributed by atoms with Gasteiger partial charge in [0.2, 0.25) is 0 Å². The van der Waals surface area contributed by atoms with Crippen LogP contribution in [0.2, 0.25) is 10.0 Å². The number of hydrogen-bond donors (Lipinski definition) is 1. The highest BCUT2D eigenvalue weighted by Crippen LogP contribution is 2.30. The van der Waals surface area contributed by atoms with Crippen LogP contribution >= 0.6 is 23.2 Å². The summed E-state index contributed by atoms with van der Waals surface area (Å²) in [6.45, 7) is 3.62. The zero-order valence-electron chi connectivity index (χ0n) is 9.45. The normalized spacial score (nSPS) is 10.5. The predicted octanol–water partition coefficient (Wildman–Crippen LogP) is 3.82. The average molecular weight is 270 g/mol. The summed E-state index contributed by atoms with van der Waals surface area (Å²) in [5.41, 5.74) is 1.86. The van der Waals surface area contributed by atoms with Crippen molar-refractivity contribution < 1.29 is 0 Å². The number of aryl methyl sites for hydroxylation is 1. The van der Waals surface area contributed by atoms with Gasteiger partial charge in [-0.1, -0.05) is 29.3 Å². The molecule has 0 saturated heterocycles. The number of hydrogen-bond acceptors (Lipinski definition) is 2. The Balaban J connectivity index is 2.13. The Hall–Kier alpha value is -1.19. The first-order valence-corrected chi connectivity index (χ1v) is 6.15. The van der Waals surface area contributed by atoms with Gasteiger partial charge in [-0.3, -0.25) is 0 Å². The highest BCUT2D eigenvalue weighted by Gasteiger charge is 2.06. The van der Waals surface area contributed by atoms with Crippen molar-refractivity contribution in [1.82, 2.24) is 9.55 Å². The van der Waals surface area contributed by atoms with Crippen molar-refractivity contribution in [2.24, 2.45) is 0 Å². The van der Waals surface area contributed by atoms with Crippen molar-refractivity contribution in [3.8, 4) is 0 Å². The van der Waals surface area contributed by atoms with Crippen LogP contribution in [0.25, 0.3) is 0 Å². The van der Waals surface area contributed by atoms with E-state index in [2.05, 4.69) is 21.8 Å². The SMILES string of the molecule is CCn1cncc1CNc1c(Cl)cccc1Cl. The van der Waals surface area contributed by atoms with Gasteiger partial charge in [0.15, 0.2) is 0 Å². The maximum Gasteiger partial charge on any atom is 0.0948 e. The lowest BCUT2D eigenvalue weighted by molar-refractivity contribution is 0.719. The molecule has 0 aliphatic rings. The standard InChI is InChI=1S/C12H13Cl2N3/c1-2-17-8-15-6-9(17)7-16-12-10(13)4-3-5-11(12)14/h3-6,8,16H,2,7H2,1H3. The summed E-state index contributed by atoms with van der Waals surface area (Å²) >= 11 is 12.1. The molecule has 1 heterocycles. The zero-order valence-corrected chi connectivity index (χ0v) is 11.0. The molecule has 0 unspecified atom stereocenters. The summed E-state index contributed by atoms with van der Waals surface area (Å²) in [6, 6.07) is 5.45. The minimum Gasteiger partial charge on any atom is -0.377 e. The number of halogens is 2. The number of nitrogens with one attached hydrogen (secondary N) is 1. The van der Waals surface area contributed by atoms with Crippen molar-refractivity contribution in [3.63, 3.8) is 0 Å². The van der Waals surface area contributed by atoms with E-state index in [4.69, 9.17) is 23.2 Å². The number of benzene rings is 1. The molecule has 17 heavy (non-hydrogen) atoms. The topological polar surface area (TPSA) is 29.9 Å².